The Bertz CT molecular complexity index is 553. The van der Waals surface area contributed by atoms with E-state index in [0.29, 0.717) is 23.6 Å². The number of imide groups is 1. The third-order valence-electron chi connectivity index (χ3n) is 4.40. The van der Waals surface area contributed by atoms with Gasteiger partial charge in [-0.2, -0.15) is 0 Å². The summed E-state index contributed by atoms with van der Waals surface area (Å²) in [6.07, 6.45) is 0.885. The van der Waals surface area contributed by atoms with E-state index in [1.165, 1.54) is 4.90 Å². The molecule has 2 aliphatic heterocycles. The number of rotatable bonds is 1. The van der Waals surface area contributed by atoms with Crippen LogP contribution in [0.3, 0.4) is 0 Å². The highest BCUT2D eigenvalue weighted by Gasteiger charge is 2.42. The molecule has 0 aromatic heterocycles. The van der Waals surface area contributed by atoms with Gasteiger partial charge in [0, 0.05) is 6.54 Å². The van der Waals surface area contributed by atoms with Gasteiger partial charge in [0.15, 0.2) is 0 Å². The minimum atomic E-state index is -0.118. The maximum atomic E-state index is 12.7. The number of nitrogens with one attached hydrogen (secondary N) is 1. The highest BCUT2D eigenvalue weighted by Crippen LogP contribution is 2.31. The van der Waals surface area contributed by atoms with Crippen molar-refractivity contribution in [2.75, 3.05) is 13.1 Å². The first-order valence-electron chi connectivity index (χ1n) is 7.19. The molecule has 1 fully saturated rings. The molecule has 4 nitrogen and oxygen atoms in total. The lowest BCUT2D eigenvalue weighted by Gasteiger charge is -2.33. The van der Waals surface area contributed by atoms with Crippen LogP contribution in [0.1, 0.15) is 45.2 Å². The number of piperidine rings is 1. The summed E-state index contributed by atoms with van der Waals surface area (Å²) in [6.45, 7) is 7.60. The quantitative estimate of drug-likeness (QED) is 0.794. The first-order valence-corrected chi connectivity index (χ1v) is 7.19. The van der Waals surface area contributed by atoms with Crippen LogP contribution >= 0.6 is 0 Å². The molecule has 3 rings (SSSR count). The second-order valence-electron chi connectivity index (χ2n) is 6.08. The molecule has 0 saturated carbocycles. The minimum Gasteiger partial charge on any atom is -0.314 e. The lowest BCUT2D eigenvalue weighted by atomic mass is 9.96. The number of benzene rings is 1. The Balaban J connectivity index is 2.01. The van der Waals surface area contributed by atoms with Gasteiger partial charge in [-0.3, -0.25) is 14.5 Å². The molecule has 1 N–H and O–H groups in total. The van der Waals surface area contributed by atoms with E-state index >= 15 is 0 Å². The molecule has 2 aliphatic rings. The van der Waals surface area contributed by atoms with Crippen LogP contribution in [-0.2, 0) is 0 Å². The number of carbonyl (C=O) groups is 2. The summed E-state index contributed by atoms with van der Waals surface area (Å²) in [4.78, 5) is 26.8. The highest BCUT2D eigenvalue weighted by molar-refractivity contribution is 6.22. The number of fused-ring (bicyclic) bond motifs is 1. The van der Waals surface area contributed by atoms with Crippen molar-refractivity contribution in [2.45, 2.75) is 33.2 Å². The molecule has 4 heteroatoms. The van der Waals surface area contributed by atoms with E-state index in [2.05, 4.69) is 12.2 Å². The van der Waals surface area contributed by atoms with Crippen molar-refractivity contribution in [2.24, 2.45) is 5.92 Å². The molecular formula is C16H20N2O2. The molecule has 2 unspecified atom stereocenters. The van der Waals surface area contributed by atoms with Crippen LogP contribution in [0.5, 0.6) is 0 Å². The van der Waals surface area contributed by atoms with Crippen molar-refractivity contribution < 1.29 is 9.59 Å². The van der Waals surface area contributed by atoms with Crippen LogP contribution in [-0.4, -0.2) is 35.8 Å². The van der Waals surface area contributed by atoms with E-state index in [1.54, 1.807) is 0 Å². The first-order chi connectivity index (χ1) is 9.50. The summed E-state index contributed by atoms with van der Waals surface area (Å²) in [5.74, 6) is 0.249. The summed E-state index contributed by atoms with van der Waals surface area (Å²) in [7, 11) is 0. The molecule has 2 atom stereocenters. The second-order valence-corrected chi connectivity index (χ2v) is 6.08. The van der Waals surface area contributed by atoms with Crippen LogP contribution in [0.15, 0.2) is 12.1 Å². The average molecular weight is 272 g/mol. The van der Waals surface area contributed by atoms with E-state index < -0.39 is 0 Å². The molecule has 0 aliphatic carbocycles. The average Bonchev–Trinajstić information content (AvgIpc) is 2.67. The van der Waals surface area contributed by atoms with E-state index in [-0.39, 0.29) is 17.9 Å². The highest BCUT2D eigenvalue weighted by atomic mass is 16.2. The predicted molar refractivity (Wildman–Crippen MR) is 76.9 cm³/mol. The number of carbonyl (C=O) groups excluding carboxylic acids is 2. The zero-order valence-electron chi connectivity index (χ0n) is 12.2. The fourth-order valence-electron chi connectivity index (χ4n) is 3.35. The monoisotopic (exact) mass is 272 g/mol. The molecule has 0 bridgehead atoms. The Kier molecular flexibility index (Phi) is 3.13. The van der Waals surface area contributed by atoms with E-state index in [4.69, 9.17) is 0 Å². The topological polar surface area (TPSA) is 49.4 Å². The van der Waals surface area contributed by atoms with Crippen molar-refractivity contribution in [3.05, 3.63) is 34.4 Å². The van der Waals surface area contributed by atoms with Crippen LogP contribution in [0.2, 0.25) is 0 Å². The van der Waals surface area contributed by atoms with Gasteiger partial charge in [0.25, 0.3) is 11.8 Å². The lowest BCUT2D eigenvalue weighted by molar-refractivity contribution is 0.0542. The normalized spacial score (nSPS) is 26.1. The molecule has 1 aromatic carbocycles. The zero-order chi connectivity index (χ0) is 14.4. The lowest BCUT2D eigenvalue weighted by Crippen LogP contribution is -2.50. The van der Waals surface area contributed by atoms with Crippen LogP contribution < -0.4 is 5.32 Å². The molecule has 20 heavy (non-hydrogen) atoms. The number of hydrogen-bond donors (Lipinski definition) is 1. The van der Waals surface area contributed by atoms with Gasteiger partial charge in [0.05, 0.1) is 17.2 Å². The van der Waals surface area contributed by atoms with Crippen molar-refractivity contribution in [1.82, 2.24) is 10.2 Å². The number of hydrogen-bond acceptors (Lipinski definition) is 3. The maximum Gasteiger partial charge on any atom is 0.262 e. The summed E-state index contributed by atoms with van der Waals surface area (Å²) < 4.78 is 0. The second kappa shape index (κ2) is 4.70. The maximum absolute atomic E-state index is 12.7. The third kappa shape index (κ3) is 1.86. The third-order valence-corrected chi connectivity index (χ3v) is 4.40. The Morgan fingerprint density at radius 3 is 2.10 bits per heavy atom. The summed E-state index contributed by atoms with van der Waals surface area (Å²) in [5, 5.41) is 3.31. The fourth-order valence-corrected chi connectivity index (χ4v) is 3.35. The number of nitrogens with zero attached hydrogens (tertiary/aromatic N) is 1. The van der Waals surface area contributed by atoms with Gasteiger partial charge in [-0.05, 0) is 43.9 Å². The molecule has 0 radical (unpaired) electrons. The standard InChI is InChI=1S/C16H20N2O2/c1-9-6-12(8-17-7-9)18-15(19)13-10(2)4-5-11(3)14(13)16(18)20/h4-5,9,12,17H,6-8H2,1-3H3. The molecule has 2 amide bonds. The smallest absolute Gasteiger partial charge is 0.262 e. The van der Waals surface area contributed by atoms with E-state index in [0.717, 1.165) is 24.1 Å². The first kappa shape index (κ1) is 13.3. The van der Waals surface area contributed by atoms with Gasteiger partial charge in [-0.1, -0.05) is 19.1 Å². The minimum absolute atomic E-state index is 0.0232. The van der Waals surface area contributed by atoms with Gasteiger partial charge >= 0.3 is 0 Å². The van der Waals surface area contributed by atoms with Gasteiger partial charge in [-0.15, -0.1) is 0 Å². The molecule has 1 saturated heterocycles. The van der Waals surface area contributed by atoms with Gasteiger partial charge in [0.2, 0.25) is 0 Å². The Hall–Kier alpha value is -1.68. The molecule has 106 valence electrons. The zero-order valence-corrected chi connectivity index (χ0v) is 12.2. The van der Waals surface area contributed by atoms with Gasteiger partial charge < -0.3 is 5.32 Å². The van der Waals surface area contributed by atoms with Crippen molar-refractivity contribution in [3.8, 4) is 0 Å². The van der Waals surface area contributed by atoms with Crippen molar-refractivity contribution in [3.63, 3.8) is 0 Å². The predicted octanol–water partition coefficient (Wildman–Crippen LogP) is 1.90. The van der Waals surface area contributed by atoms with Crippen LogP contribution in [0.25, 0.3) is 0 Å². The van der Waals surface area contributed by atoms with Gasteiger partial charge in [-0.25, -0.2) is 0 Å². The Labute approximate surface area is 119 Å². The molecule has 2 heterocycles. The summed E-state index contributed by atoms with van der Waals surface area (Å²) >= 11 is 0. The molecule has 0 spiro atoms. The SMILES string of the molecule is Cc1ccc(C)c2c1C(=O)N(C1CNCC(C)C1)C2=O. The fraction of sp³-hybridized carbons (Fsp3) is 0.500. The van der Waals surface area contributed by atoms with Crippen molar-refractivity contribution >= 4 is 11.8 Å². The summed E-state index contributed by atoms with van der Waals surface area (Å²) in [6, 6.07) is 3.82. The van der Waals surface area contributed by atoms with E-state index in [1.807, 2.05) is 26.0 Å². The molecular weight excluding hydrogens is 252 g/mol. The number of amides is 2. The summed E-state index contributed by atoms with van der Waals surface area (Å²) in [5.41, 5.74) is 2.99. The van der Waals surface area contributed by atoms with Crippen molar-refractivity contribution in [1.29, 1.82) is 0 Å². The molecule has 1 aromatic rings. The van der Waals surface area contributed by atoms with E-state index in [9.17, 15) is 9.59 Å². The Morgan fingerprint density at radius 2 is 1.60 bits per heavy atom. The van der Waals surface area contributed by atoms with Crippen LogP contribution in [0, 0.1) is 19.8 Å². The largest absolute Gasteiger partial charge is 0.314 e. The Morgan fingerprint density at radius 1 is 1.05 bits per heavy atom. The van der Waals surface area contributed by atoms with Crippen LogP contribution in [0.4, 0.5) is 0 Å². The number of aryl methyl sites for hydroxylation is 2. The van der Waals surface area contributed by atoms with Gasteiger partial charge in [0.1, 0.15) is 0 Å².